The molecule has 1 saturated carbocycles. The Hall–Kier alpha value is -0.340. The van der Waals surface area contributed by atoms with E-state index in [1.807, 2.05) is 0 Å². The van der Waals surface area contributed by atoms with Gasteiger partial charge in [-0.15, -0.1) is 0 Å². The summed E-state index contributed by atoms with van der Waals surface area (Å²) in [7, 11) is 0. The minimum atomic E-state index is 0.753. The van der Waals surface area contributed by atoms with Gasteiger partial charge in [0, 0.05) is 6.04 Å². The molecule has 1 fully saturated rings. The van der Waals surface area contributed by atoms with Crippen molar-refractivity contribution in [3.05, 3.63) is 11.6 Å². The van der Waals surface area contributed by atoms with E-state index in [1.54, 1.807) is 5.57 Å². The van der Waals surface area contributed by atoms with Crippen molar-refractivity contribution in [1.29, 1.82) is 0 Å². The summed E-state index contributed by atoms with van der Waals surface area (Å²) in [6.45, 7) is 8.12. The van der Waals surface area contributed by atoms with E-state index in [2.05, 4.69) is 30.6 Å². The zero-order chi connectivity index (χ0) is 14.2. The van der Waals surface area contributed by atoms with Crippen LogP contribution in [0.2, 0.25) is 0 Å². The van der Waals surface area contributed by atoms with E-state index in [-0.39, 0.29) is 0 Å². The quantitative estimate of drug-likeness (QED) is 0.468. The number of allylic oxidation sites excluding steroid dienone is 2. The maximum absolute atomic E-state index is 3.74. The van der Waals surface area contributed by atoms with Gasteiger partial charge in [0.2, 0.25) is 0 Å². The van der Waals surface area contributed by atoms with Gasteiger partial charge in [-0.1, -0.05) is 31.4 Å². The van der Waals surface area contributed by atoms with Crippen LogP contribution in [0.4, 0.5) is 0 Å². The largest absolute Gasteiger partial charge is 0.316 e. The Bertz CT molecular complexity index is 294. The molecule has 116 valence electrons. The Morgan fingerprint density at radius 2 is 2.05 bits per heavy atom. The molecule has 0 bridgehead atoms. The molecule has 2 rings (SSSR count). The molecule has 2 atom stereocenters. The molecule has 0 amide bonds. The molecule has 20 heavy (non-hydrogen) atoms. The van der Waals surface area contributed by atoms with E-state index < -0.39 is 0 Å². The molecular formula is C18H34N2. The first kappa shape index (κ1) is 16.0. The van der Waals surface area contributed by atoms with E-state index in [0.717, 1.165) is 17.9 Å². The fourth-order valence-electron chi connectivity index (χ4n) is 3.20. The van der Waals surface area contributed by atoms with Gasteiger partial charge in [0.05, 0.1) is 0 Å². The zero-order valence-electron chi connectivity index (χ0n) is 13.6. The Kier molecular flexibility index (Phi) is 7.09. The topological polar surface area (TPSA) is 24.1 Å². The fourth-order valence-corrected chi connectivity index (χ4v) is 3.20. The first-order valence-corrected chi connectivity index (χ1v) is 8.87. The monoisotopic (exact) mass is 278 g/mol. The molecule has 0 saturated heterocycles. The highest BCUT2D eigenvalue weighted by Crippen LogP contribution is 2.34. The minimum Gasteiger partial charge on any atom is -0.316 e. The summed E-state index contributed by atoms with van der Waals surface area (Å²) in [5, 5.41) is 7.44. The van der Waals surface area contributed by atoms with Gasteiger partial charge < -0.3 is 10.6 Å². The predicted molar refractivity (Wildman–Crippen MR) is 88.0 cm³/mol. The average molecular weight is 278 g/mol. The van der Waals surface area contributed by atoms with Crippen LogP contribution in [0.3, 0.4) is 0 Å². The first-order valence-electron chi connectivity index (χ1n) is 8.87. The van der Waals surface area contributed by atoms with E-state index in [1.165, 1.54) is 71.0 Å². The van der Waals surface area contributed by atoms with Gasteiger partial charge in [-0.2, -0.15) is 0 Å². The van der Waals surface area contributed by atoms with Gasteiger partial charge in [-0.3, -0.25) is 0 Å². The molecular weight excluding hydrogens is 244 g/mol. The van der Waals surface area contributed by atoms with Crippen LogP contribution in [0, 0.1) is 11.8 Å². The summed E-state index contributed by atoms with van der Waals surface area (Å²) in [6.07, 6.45) is 13.3. The Labute approximate surface area is 125 Å². The number of rotatable bonds is 10. The molecule has 0 aromatic carbocycles. The third-order valence-electron chi connectivity index (χ3n) is 4.85. The summed E-state index contributed by atoms with van der Waals surface area (Å²) in [6, 6.07) is 0.753. The van der Waals surface area contributed by atoms with Crippen LogP contribution in [0.5, 0.6) is 0 Å². The van der Waals surface area contributed by atoms with Crippen molar-refractivity contribution in [1.82, 2.24) is 10.6 Å². The van der Waals surface area contributed by atoms with Crippen LogP contribution < -0.4 is 10.6 Å². The average Bonchev–Trinajstić information content (AvgIpc) is 3.26. The lowest BCUT2D eigenvalue weighted by atomic mass is 9.90. The van der Waals surface area contributed by atoms with Crippen LogP contribution in [-0.2, 0) is 0 Å². The van der Waals surface area contributed by atoms with E-state index in [0.29, 0.717) is 0 Å². The van der Waals surface area contributed by atoms with Gasteiger partial charge in [-0.25, -0.2) is 0 Å². The van der Waals surface area contributed by atoms with Gasteiger partial charge in [0.25, 0.3) is 0 Å². The zero-order valence-corrected chi connectivity index (χ0v) is 13.6. The Morgan fingerprint density at radius 3 is 2.70 bits per heavy atom. The molecule has 2 aliphatic rings. The molecule has 0 aromatic heterocycles. The summed E-state index contributed by atoms with van der Waals surface area (Å²) >= 11 is 0. The summed E-state index contributed by atoms with van der Waals surface area (Å²) in [5.41, 5.74) is 1.59. The fraction of sp³-hybridized carbons (Fsp3) is 0.889. The molecule has 2 aliphatic carbocycles. The molecule has 0 radical (unpaired) electrons. The normalized spacial score (nSPS) is 24.5. The van der Waals surface area contributed by atoms with E-state index in [9.17, 15) is 0 Å². The molecule has 0 aliphatic heterocycles. The lowest BCUT2D eigenvalue weighted by Crippen LogP contribution is -2.34. The standard InChI is InChI=1S/C18H34N2/c1-3-11-20-18(13-16-8-9-16)10-12-19-14-17-6-4-15(2)5-7-17/h4,16-20H,3,5-14H2,1-2H3. The summed E-state index contributed by atoms with van der Waals surface area (Å²) in [4.78, 5) is 0. The van der Waals surface area contributed by atoms with Crippen molar-refractivity contribution in [2.45, 2.75) is 71.3 Å². The van der Waals surface area contributed by atoms with Crippen molar-refractivity contribution in [2.75, 3.05) is 19.6 Å². The molecule has 2 heteroatoms. The highest BCUT2D eigenvalue weighted by molar-refractivity contribution is 5.03. The second-order valence-corrected chi connectivity index (χ2v) is 7.01. The predicted octanol–water partition coefficient (Wildman–Crippen LogP) is 3.88. The van der Waals surface area contributed by atoms with Gasteiger partial charge in [0.1, 0.15) is 0 Å². The molecule has 2 N–H and O–H groups in total. The van der Waals surface area contributed by atoms with Gasteiger partial charge in [0.15, 0.2) is 0 Å². The van der Waals surface area contributed by atoms with Gasteiger partial charge >= 0.3 is 0 Å². The second kappa shape index (κ2) is 8.84. The second-order valence-electron chi connectivity index (χ2n) is 7.01. The molecule has 0 aromatic rings. The summed E-state index contributed by atoms with van der Waals surface area (Å²) < 4.78 is 0. The molecule has 2 unspecified atom stereocenters. The highest BCUT2D eigenvalue weighted by atomic mass is 14.9. The molecule has 2 nitrogen and oxygen atoms in total. The van der Waals surface area contributed by atoms with Crippen molar-refractivity contribution >= 4 is 0 Å². The SMILES string of the molecule is CCCNC(CCNCC1CC=C(C)CC1)CC1CC1. The van der Waals surface area contributed by atoms with Crippen molar-refractivity contribution < 1.29 is 0 Å². The molecule has 0 heterocycles. The van der Waals surface area contributed by atoms with Crippen LogP contribution >= 0.6 is 0 Å². The van der Waals surface area contributed by atoms with Crippen molar-refractivity contribution in [2.24, 2.45) is 11.8 Å². The third kappa shape index (κ3) is 6.41. The lowest BCUT2D eigenvalue weighted by Gasteiger charge is -2.22. The first-order chi connectivity index (χ1) is 9.78. The lowest BCUT2D eigenvalue weighted by molar-refractivity contribution is 0.394. The number of hydrogen-bond acceptors (Lipinski definition) is 2. The van der Waals surface area contributed by atoms with E-state index >= 15 is 0 Å². The number of nitrogens with one attached hydrogen (secondary N) is 2. The maximum Gasteiger partial charge on any atom is 0.00817 e. The van der Waals surface area contributed by atoms with Crippen molar-refractivity contribution in [3.63, 3.8) is 0 Å². The van der Waals surface area contributed by atoms with Crippen molar-refractivity contribution in [3.8, 4) is 0 Å². The number of hydrogen-bond donors (Lipinski definition) is 2. The van der Waals surface area contributed by atoms with Crippen LogP contribution in [0.25, 0.3) is 0 Å². The minimum absolute atomic E-state index is 0.753. The molecule has 0 spiro atoms. The van der Waals surface area contributed by atoms with Crippen LogP contribution in [0.15, 0.2) is 11.6 Å². The highest BCUT2D eigenvalue weighted by Gasteiger charge is 2.24. The summed E-state index contributed by atoms with van der Waals surface area (Å²) in [5.74, 6) is 1.92. The smallest absolute Gasteiger partial charge is 0.00817 e. The van der Waals surface area contributed by atoms with E-state index in [4.69, 9.17) is 0 Å². The van der Waals surface area contributed by atoms with Crippen LogP contribution in [0.1, 0.15) is 65.2 Å². The van der Waals surface area contributed by atoms with Crippen LogP contribution in [-0.4, -0.2) is 25.7 Å². The Balaban J connectivity index is 1.55. The maximum atomic E-state index is 3.74. The third-order valence-corrected chi connectivity index (χ3v) is 4.85. The Morgan fingerprint density at radius 1 is 1.20 bits per heavy atom. The van der Waals surface area contributed by atoms with Gasteiger partial charge in [-0.05, 0) is 76.9 Å².